The van der Waals surface area contributed by atoms with Crippen molar-refractivity contribution in [3.05, 3.63) is 33.5 Å². The number of nitrogens with zero attached hydrogens (tertiary/aromatic N) is 3. The monoisotopic (exact) mass is 275 g/mol. The van der Waals surface area contributed by atoms with Crippen molar-refractivity contribution in [2.75, 3.05) is 0 Å². The molecule has 1 fully saturated rings. The van der Waals surface area contributed by atoms with Crippen LogP contribution in [0.15, 0.2) is 12.4 Å². The highest BCUT2D eigenvalue weighted by molar-refractivity contribution is 7.14. The molecule has 3 rings (SSSR count). The van der Waals surface area contributed by atoms with Crippen LogP contribution in [0.3, 0.4) is 0 Å². The first-order valence-electron chi connectivity index (χ1n) is 6.04. The highest BCUT2D eigenvalue weighted by Crippen LogP contribution is 2.41. The van der Waals surface area contributed by atoms with Gasteiger partial charge in [-0.15, -0.1) is 11.3 Å². The molecule has 19 heavy (non-hydrogen) atoms. The lowest BCUT2D eigenvalue weighted by Gasteiger charge is -1.98. The first kappa shape index (κ1) is 12.1. The van der Waals surface area contributed by atoms with Gasteiger partial charge < -0.3 is 5.11 Å². The average molecular weight is 275 g/mol. The van der Waals surface area contributed by atoms with E-state index in [-0.39, 0.29) is 4.88 Å². The van der Waals surface area contributed by atoms with E-state index in [9.17, 15) is 4.79 Å². The lowest BCUT2D eigenvalue weighted by Crippen LogP contribution is -1.94. The summed E-state index contributed by atoms with van der Waals surface area (Å²) in [7, 11) is 1.91. The van der Waals surface area contributed by atoms with E-state index in [2.05, 4.69) is 10.1 Å². The number of aromatic nitrogens is 3. The minimum atomic E-state index is -0.934. The molecule has 2 aromatic heterocycles. The van der Waals surface area contributed by atoms with Gasteiger partial charge in [-0.3, -0.25) is 4.68 Å². The van der Waals surface area contributed by atoms with Gasteiger partial charge in [-0.2, -0.15) is 5.10 Å². The van der Waals surface area contributed by atoms with Crippen molar-refractivity contribution in [3.63, 3.8) is 0 Å². The second-order valence-corrected chi connectivity index (χ2v) is 5.65. The van der Waals surface area contributed by atoms with Gasteiger partial charge in [0.15, 0.2) is 0 Å². The van der Waals surface area contributed by atoms with E-state index < -0.39 is 5.97 Å². The van der Waals surface area contributed by atoms with Crippen molar-refractivity contribution >= 4 is 29.5 Å². The Morgan fingerprint density at radius 2 is 2.26 bits per heavy atom. The van der Waals surface area contributed by atoms with Crippen LogP contribution in [0.5, 0.6) is 0 Å². The van der Waals surface area contributed by atoms with Crippen molar-refractivity contribution in [1.82, 2.24) is 14.8 Å². The maximum absolute atomic E-state index is 10.8. The first-order chi connectivity index (χ1) is 9.15. The summed E-state index contributed by atoms with van der Waals surface area (Å²) in [6.45, 7) is 0. The van der Waals surface area contributed by atoms with Gasteiger partial charge >= 0.3 is 5.97 Å². The Hall–Kier alpha value is -1.95. The van der Waals surface area contributed by atoms with E-state index in [4.69, 9.17) is 5.11 Å². The first-order valence-corrected chi connectivity index (χ1v) is 6.86. The Morgan fingerprint density at radius 3 is 2.89 bits per heavy atom. The average Bonchev–Trinajstić information content (AvgIpc) is 2.98. The Balaban J connectivity index is 1.85. The molecule has 0 amide bonds. The predicted molar refractivity (Wildman–Crippen MR) is 73.2 cm³/mol. The minimum Gasteiger partial charge on any atom is -0.477 e. The van der Waals surface area contributed by atoms with Crippen LogP contribution in [0.4, 0.5) is 0 Å². The van der Waals surface area contributed by atoms with Gasteiger partial charge in [0.2, 0.25) is 0 Å². The fourth-order valence-corrected chi connectivity index (χ4v) is 2.65. The molecule has 1 N–H and O–H groups in total. The third-order valence-corrected chi connectivity index (χ3v) is 4.10. The summed E-state index contributed by atoms with van der Waals surface area (Å²) < 4.78 is 1.84. The fraction of sp³-hybridized carbons (Fsp3) is 0.308. The highest BCUT2D eigenvalue weighted by atomic mass is 32.1. The Kier molecular flexibility index (Phi) is 2.94. The van der Waals surface area contributed by atoms with E-state index in [0.717, 1.165) is 5.69 Å². The van der Waals surface area contributed by atoms with Crippen molar-refractivity contribution < 1.29 is 9.90 Å². The zero-order chi connectivity index (χ0) is 13.4. The second kappa shape index (κ2) is 4.62. The number of aromatic carboxylic acids is 1. The number of carboxylic acids is 1. The normalized spacial score (nSPS) is 15.2. The standard InChI is InChI=1S/C13H13N3O2S/c1-16-10(9(6-15-16)8-2-3-8)4-5-12-14-7-11(19-12)13(17)18/h4-8H,2-3H2,1H3,(H,17,18)/b5-4+. The van der Waals surface area contributed by atoms with Crippen LogP contribution in [0.25, 0.3) is 12.2 Å². The summed E-state index contributed by atoms with van der Waals surface area (Å²) >= 11 is 1.17. The van der Waals surface area contributed by atoms with Crippen LogP contribution in [0, 0.1) is 0 Å². The topological polar surface area (TPSA) is 68.0 Å². The van der Waals surface area contributed by atoms with E-state index in [0.29, 0.717) is 10.9 Å². The smallest absolute Gasteiger partial charge is 0.347 e. The molecule has 2 aromatic rings. The molecule has 0 saturated heterocycles. The largest absolute Gasteiger partial charge is 0.477 e. The van der Waals surface area contributed by atoms with Crippen molar-refractivity contribution in [2.45, 2.75) is 18.8 Å². The van der Waals surface area contributed by atoms with Gasteiger partial charge in [0.1, 0.15) is 9.88 Å². The molecule has 98 valence electrons. The molecular formula is C13H13N3O2S. The van der Waals surface area contributed by atoms with Gasteiger partial charge in [-0.1, -0.05) is 0 Å². The SMILES string of the molecule is Cn1ncc(C2CC2)c1/C=C/c1ncc(C(=O)O)s1. The van der Waals surface area contributed by atoms with Crippen molar-refractivity contribution in [3.8, 4) is 0 Å². The van der Waals surface area contributed by atoms with Gasteiger partial charge in [0.05, 0.1) is 18.1 Å². The van der Waals surface area contributed by atoms with Crippen LogP contribution >= 0.6 is 11.3 Å². The van der Waals surface area contributed by atoms with Gasteiger partial charge in [-0.25, -0.2) is 9.78 Å². The van der Waals surface area contributed by atoms with Gasteiger partial charge in [-0.05, 0) is 30.9 Å². The molecular weight excluding hydrogens is 262 g/mol. The third kappa shape index (κ3) is 2.44. The molecule has 0 bridgehead atoms. The number of rotatable bonds is 4. The molecule has 0 aromatic carbocycles. The molecule has 5 nitrogen and oxygen atoms in total. The van der Waals surface area contributed by atoms with E-state index in [1.165, 1.54) is 35.9 Å². The molecule has 1 aliphatic carbocycles. The van der Waals surface area contributed by atoms with Crippen LogP contribution in [0.1, 0.15) is 44.7 Å². The summed E-state index contributed by atoms with van der Waals surface area (Å²) in [5.74, 6) is -0.296. The lowest BCUT2D eigenvalue weighted by molar-refractivity contribution is 0.0702. The number of aryl methyl sites for hydroxylation is 1. The number of hydrogen-bond donors (Lipinski definition) is 1. The summed E-state index contributed by atoms with van der Waals surface area (Å²) in [6, 6.07) is 0. The van der Waals surface area contributed by atoms with Crippen LogP contribution in [-0.2, 0) is 7.05 Å². The Bertz CT molecular complexity index is 653. The highest BCUT2D eigenvalue weighted by Gasteiger charge is 2.27. The second-order valence-electron chi connectivity index (χ2n) is 4.58. The molecule has 0 aliphatic heterocycles. The van der Waals surface area contributed by atoms with Crippen LogP contribution < -0.4 is 0 Å². The lowest BCUT2D eigenvalue weighted by atomic mass is 10.1. The molecule has 0 unspecified atom stereocenters. The Labute approximate surface area is 114 Å². The van der Waals surface area contributed by atoms with Gasteiger partial charge in [0.25, 0.3) is 0 Å². The fourth-order valence-electron chi connectivity index (χ4n) is 1.99. The molecule has 0 radical (unpaired) electrons. The number of carboxylic acid groups (broad SMARTS) is 1. The van der Waals surface area contributed by atoms with Crippen molar-refractivity contribution in [2.24, 2.45) is 7.05 Å². The van der Waals surface area contributed by atoms with E-state index in [1.54, 1.807) is 0 Å². The van der Waals surface area contributed by atoms with Gasteiger partial charge in [0, 0.05) is 12.6 Å². The molecule has 2 heterocycles. The number of carbonyl (C=O) groups is 1. The molecule has 0 spiro atoms. The third-order valence-electron chi connectivity index (χ3n) is 3.15. The molecule has 6 heteroatoms. The van der Waals surface area contributed by atoms with Crippen LogP contribution in [0.2, 0.25) is 0 Å². The summed E-state index contributed by atoms with van der Waals surface area (Å²) in [5, 5.41) is 13.8. The predicted octanol–water partition coefficient (Wildman–Crippen LogP) is 2.62. The Morgan fingerprint density at radius 1 is 1.47 bits per heavy atom. The maximum Gasteiger partial charge on any atom is 0.347 e. The maximum atomic E-state index is 10.8. The van der Waals surface area contributed by atoms with E-state index >= 15 is 0 Å². The molecule has 0 atom stereocenters. The van der Waals surface area contributed by atoms with E-state index in [1.807, 2.05) is 30.1 Å². The number of hydrogen-bond acceptors (Lipinski definition) is 4. The quantitative estimate of drug-likeness (QED) is 0.931. The number of thiazole rings is 1. The zero-order valence-corrected chi connectivity index (χ0v) is 11.2. The summed E-state index contributed by atoms with van der Waals surface area (Å²) in [5.41, 5.74) is 2.35. The van der Waals surface area contributed by atoms with Crippen LogP contribution in [-0.4, -0.2) is 25.8 Å². The summed E-state index contributed by atoms with van der Waals surface area (Å²) in [6.07, 6.45) is 9.57. The van der Waals surface area contributed by atoms with Crippen molar-refractivity contribution in [1.29, 1.82) is 0 Å². The molecule has 1 aliphatic rings. The minimum absolute atomic E-state index is 0.257. The summed E-state index contributed by atoms with van der Waals surface area (Å²) in [4.78, 5) is 15.1. The molecule has 1 saturated carbocycles. The zero-order valence-electron chi connectivity index (χ0n) is 10.4.